The van der Waals surface area contributed by atoms with Gasteiger partial charge in [0.1, 0.15) is 0 Å². The van der Waals surface area contributed by atoms with Crippen LogP contribution in [0.25, 0.3) is 0 Å². The molecule has 2 aromatic rings. The first-order valence-corrected chi connectivity index (χ1v) is 6.40. The Morgan fingerprint density at radius 1 is 1.37 bits per heavy atom. The minimum Gasteiger partial charge on any atom is -0.379 e. The van der Waals surface area contributed by atoms with Gasteiger partial charge in [-0.15, -0.1) is 0 Å². The lowest BCUT2D eigenvalue weighted by molar-refractivity contribution is 0.707. The van der Waals surface area contributed by atoms with Crippen LogP contribution in [0.1, 0.15) is 29.4 Å². The Hall–Kier alpha value is -2.28. The molecule has 0 spiro atoms. The van der Waals surface area contributed by atoms with E-state index in [1.807, 2.05) is 36.9 Å². The molecule has 0 aliphatic rings. The van der Waals surface area contributed by atoms with Crippen LogP contribution in [0.5, 0.6) is 0 Å². The average molecular weight is 254 g/mol. The van der Waals surface area contributed by atoms with Crippen molar-refractivity contribution in [1.82, 2.24) is 9.78 Å². The molecule has 1 aromatic heterocycles. The third-order valence-electron chi connectivity index (χ3n) is 3.22. The molecule has 0 bridgehead atoms. The lowest BCUT2D eigenvalue weighted by Gasteiger charge is -2.09. The number of anilines is 1. The fourth-order valence-corrected chi connectivity index (χ4v) is 1.98. The fraction of sp³-hybridized carbons (Fsp3) is 0.333. The predicted octanol–water partition coefficient (Wildman–Crippen LogP) is 2.77. The molecule has 0 unspecified atom stereocenters. The van der Waals surface area contributed by atoms with Gasteiger partial charge in [0.2, 0.25) is 0 Å². The highest BCUT2D eigenvalue weighted by atomic mass is 15.3. The zero-order chi connectivity index (χ0) is 13.8. The van der Waals surface area contributed by atoms with E-state index in [2.05, 4.69) is 29.5 Å². The van der Waals surface area contributed by atoms with E-state index in [1.165, 1.54) is 0 Å². The topological polar surface area (TPSA) is 53.6 Å². The van der Waals surface area contributed by atoms with Gasteiger partial charge in [-0.3, -0.25) is 4.68 Å². The molecule has 0 amide bonds. The second-order valence-corrected chi connectivity index (χ2v) is 4.60. The standard InChI is InChI=1S/C15H18N4/c1-4-13-8-14(19(3)18-13)10-17-15-7-12(9-16)6-5-11(15)2/h5-8,17H,4,10H2,1-3H3. The molecule has 0 aliphatic carbocycles. The summed E-state index contributed by atoms with van der Waals surface area (Å²) in [5.74, 6) is 0. The van der Waals surface area contributed by atoms with Gasteiger partial charge in [-0.2, -0.15) is 10.4 Å². The number of hydrogen-bond acceptors (Lipinski definition) is 3. The molecule has 1 heterocycles. The third-order valence-corrected chi connectivity index (χ3v) is 3.22. The number of nitrogens with one attached hydrogen (secondary N) is 1. The number of hydrogen-bond donors (Lipinski definition) is 1. The van der Waals surface area contributed by atoms with Crippen LogP contribution in [0.15, 0.2) is 24.3 Å². The molecule has 0 atom stereocenters. The first-order valence-electron chi connectivity index (χ1n) is 6.40. The highest BCUT2D eigenvalue weighted by Crippen LogP contribution is 2.17. The van der Waals surface area contributed by atoms with Crippen LogP contribution in [-0.2, 0) is 20.0 Å². The van der Waals surface area contributed by atoms with Gasteiger partial charge in [-0.1, -0.05) is 13.0 Å². The van der Waals surface area contributed by atoms with Crippen LogP contribution in [-0.4, -0.2) is 9.78 Å². The maximum Gasteiger partial charge on any atom is 0.0992 e. The van der Waals surface area contributed by atoms with Crippen molar-refractivity contribution >= 4 is 5.69 Å². The summed E-state index contributed by atoms with van der Waals surface area (Å²) in [5, 5.41) is 16.7. The predicted molar refractivity (Wildman–Crippen MR) is 75.8 cm³/mol. The van der Waals surface area contributed by atoms with E-state index >= 15 is 0 Å². The van der Waals surface area contributed by atoms with E-state index < -0.39 is 0 Å². The Labute approximate surface area is 113 Å². The van der Waals surface area contributed by atoms with Gasteiger partial charge >= 0.3 is 0 Å². The second-order valence-electron chi connectivity index (χ2n) is 4.60. The molecule has 1 aromatic carbocycles. The summed E-state index contributed by atoms with van der Waals surface area (Å²) in [7, 11) is 1.95. The molecule has 2 rings (SSSR count). The van der Waals surface area contributed by atoms with Crippen molar-refractivity contribution < 1.29 is 0 Å². The summed E-state index contributed by atoms with van der Waals surface area (Å²) in [5.41, 5.74) is 5.04. The summed E-state index contributed by atoms with van der Waals surface area (Å²) >= 11 is 0. The number of nitriles is 1. The molecule has 4 heteroatoms. The van der Waals surface area contributed by atoms with Crippen molar-refractivity contribution in [2.24, 2.45) is 7.05 Å². The number of aryl methyl sites for hydroxylation is 3. The first-order chi connectivity index (χ1) is 9.13. The van der Waals surface area contributed by atoms with Crippen LogP contribution in [0.2, 0.25) is 0 Å². The van der Waals surface area contributed by atoms with E-state index in [0.29, 0.717) is 12.1 Å². The summed E-state index contributed by atoms with van der Waals surface area (Å²) in [4.78, 5) is 0. The van der Waals surface area contributed by atoms with Crippen LogP contribution in [0, 0.1) is 18.3 Å². The highest BCUT2D eigenvalue weighted by molar-refractivity contribution is 5.55. The Bertz CT molecular complexity index is 620. The van der Waals surface area contributed by atoms with Crippen LogP contribution >= 0.6 is 0 Å². The molecule has 4 nitrogen and oxygen atoms in total. The molecule has 98 valence electrons. The number of aromatic nitrogens is 2. The average Bonchev–Trinajstić information content (AvgIpc) is 2.78. The zero-order valence-electron chi connectivity index (χ0n) is 11.6. The minimum absolute atomic E-state index is 0.673. The summed E-state index contributed by atoms with van der Waals surface area (Å²) < 4.78 is 1.90. The quantitative estimate of drug-likeness (QED) is 0.912. The summed E-state index contributed by atoms with van der Waals surface area (Å²) in [6.07, 6.45) is 0.941. The van der Waals surface area contributed by atoms with E-state index in [-0.39, 0.29) is 0 Å². The highest BCUT2D eigenvalue weighted by Gasteiger charge is 2.05. The van der Waals surface area contributed by atoms with Crippen LogP contribution in [0.3, 0.4) is 0 Å². The monoisotopic (exact) mass is 254 g/mol. The van der Waals surface area contributed by atoms with Gasteiger partial charge in [0, 0.05) is 12.7 Å². The van der Waals surface area contributed by atoms with Crippen LogP contribution < -0.4 is 5.32 Å². The van der Waals surface area contributed by atoms with Crippen molar-refractivity contribution in [2.45, 2.75) is 26.8 Å². The molecule has 19 heavy (non-hydrogen) atoms. The van der Waals surface area contributed by atoms with Crippen molar-refractivity contribution in [3.8, 4) is 6.07 Å². The van der Waals surface area contributed by atoms with E-state index in [0.717, 1.165) is 29.1 Å². The third kappa shape index (κ3) is 2.94. The zero-order valence-corrected chi connectivity index (χ0v) is 11.6. The molecule has 0 aliphatic heterocycles. The van der Waals surface area contributed by atoms with E-state index in [1.54, 1.807) is 0 Å². The smallest absolute Gasteiger partial charge is 0.0992 e. The fourth-order valence-electron chi connectivity index (χ4n) is 1.98. The maximum absolute atomic E-state index is 8.93. The Balaban J connectivity index is 2.14. The normalized spacial score (nSPS) is 10.2. The van der Waals surface area contributed by atoms with Gasteiger partial charge in [-0.25, -0.2) is 0 Å². The van der Waals surface area contributed by atoms with Gasteiger partial charge in [-0.05, 0) is 37.1 Å². The molecule has 1 N–H and O–H groups in total. The van der Waals surface area contributed by atoms with Crippen molar-refractivity contribution in [3.63, 3.8) is 0 Å². The van der Waals surface area contributed by atoms with Crippen molar-refractivity contribution in [1.29, 1.82) is 5.26 Å². The molecular formula is C15H18N4. The Morgan fingerprint density at radius 2 is 2.16 bits per heavy atom. The molecule has 0 radical (unpaired) electrons. The van der Waals surface area contributed by atoms with Gasteiger partial charge in [0.15, 0.2) is 0 Å². The van der Waals surface area contributed by atoms with Crippen molar-refractivity contribution in [3.05, 3.63) is 46.8 Å². The second kappa shape index (κ2) is 5.57. The van der Waals surface area contributed by atoms with Gasteiger partial charge in [0.25, 0.3) is 0 Å². The molecule has 0 saturated carbocycles. The Morgan fingerprint density at radius 3 is 2.79 bits per heavy atom. The largest absolute Gasteiger partial charge is 0.379 e. The van der Waals surface area contributed by atoms with E-state index in [9.17, 15) is 0 Å². The number of nitrogens with zero attached hydrogens (tertiary/aromatic N) is 3. The van der Waals surface area contributed by atoms with Gasteiger partial charge in [0.05, 0.1) is 29.6 Å². The molecule has 0 fully saturated rings. The summed E-state index contributed by atoms with van der Waals surface area (Å²) in [6.45, 7) is 4.84. The lowest BCUT2D eigenvalue weighted by atomic mass is 10.1. The van der Waals surface area contributed by atoms with Gasteiger partial charge < -0.3 is 5.32 Å². The SMILES string of the molecule is CCc1cc(CNc2cc(C#N)ccc2C)n(C)n1. The summed E-state index contributed by atoms with van der Waals surface area (Å²) in [6, 6.07) is 9.94. The maximum atomic E-state index is 8.93. The molecular weight excluding hydrogens is 236 g/mol. The van der Waals surface area contributed by atoms with E-state index in [4.69, 9.17) is 5.26 Å². The lowest BCUT2D eigenvalue weighted by Crippen LogP contribution is -2.06. The molecule has 0 saturated heterocycles. The van der Waals surface area contributed by atoms with Crippen LogP contribution in [0.4, 0.5) is 5.69 Å². The van der Waals surface area contributed by atoms with Crippen molar-refractivity contribution in [2.75, 3.05) is 5.32 Å². The number of benzene rings is 1. The Kier molecular flexibility index (Phi) is 3.86. The first kappa shape index (κ1) is 13.2. The minimum atomic E-state index is 0.673. The number of rotatable bonds is 4.